The number of rotatable bonds is 4. The fourth-order valence-corrected chi connectivity index (χ4v) is 1.63. The van der Waals surface area contributed by atoms with Gasteiger partial charge in [0, 0.05) is 17.3 Å². The number of hydrogen-bond donors (Lipinski definition) is 2. The van der Waals surface area contributed by atoms with Crippen molar-refractivity contribution in [2.24, 2.45) is 0 Å². The molecule has 0 saturated carbocycles. The third-order valence-electron chi connectivity index (χ3n) is 2.42. The fourth-order valence-electron chi connectivity index (χ4n) is 1.63. The number of nitrogens with two attached hydrogens (primary N) is 1. The van der Waals surface area contributed by atoms with Crippen LogP contribution in [0.1, 0.15) is 12.7 Å². The molecular formula is C13H15NO3. The maximum Gasteiger partial charge on any atom is 0.136 e. The summed E-state index contributed by atoms with van der Waals surface area (Å²) in [4.78, 5) is 0. The van der Waals surface area contributed by atoms with Crippen molar-refractivity contribution in [1.82, 2.24) is 0 Å². The van der Waals surface area contributed by atoms with Gasteiger partial charge in [0.25, 0.3) is 0 Å². The van der Waals surface area contributed by atoms with Crippen molar-refractivity contribution in [3.63, 3.8) is 0 Å². The molecule has 1 heterocycles. The van der Waals surface area contributed by atoms with Gasteiger partial charge in [-0.05, 0) is 31.2 Å². The van der Waals surface area contributed by atoms with Gasteiger partial charge in [0.2, 0.25) is 0 Å². The topological polar surface area (TPSA) is 68.6 Å². The van der Waals surface area contributed by atoms with Crippen molar-refractivity contribution in [1.29, 1.82) is 0 Å². The number of nitrogen functional groups attached to an aromatic ring is 1. The molecule has 0 amide bonds. The van der Waals surface area contributed by atoms with Crippen LogP contribution in [0.15, 0.2) is 34.7 Å². The SMILES string of the molecule is CCOc1ccc(-c2ccc(CO)o2)c(N)c1. The molecule has 3 N–H and O–H groups in total. The van der Waals surface area contributed by atoms with E-state index in [1.165, 1.54) is 0 Å². The van der Waals surface area contributed by atoms with Crippen LogP contribution in [0.5, 0.6) is 5.75 Å². The second-order valence-corrected chi connectivity index (χ2v) is 3.61. The molecule has 4 nitrogen and oxygen atoms in total. The monoisotopic (exact) mass is 233 g/mol. The van der Waals surface area contributed by atoms with Gasteiger partial charge in [-0.15, -0.1) is 0 Å². The van der Waals surface area contributed by atoms with Crippen molar-refractivity contribution in [2.75, 3.05) is 12.3 Å². The molecule has 0 atom stereocenters. The molecule has 1 aromatic carbocycles. The van der Waals surface area contributed by atoms with Gasteiger partial charge in [-0.25, -0.2) is 0 Å². The van der Waals surface area contributed by atoms with E-state index in [1.807, 2.05) is 19.1 Å². The summed E-state index contributed by atoms with van der Waals surface area (Å²) in [6.45, 7) is 2.41. The zero-order valence-electron chi connectivity index (χ0n) is 9.64. The Balaban J connectivity index is 2.32. The third-order valence-corrected chi connectivity index (χ3v) is 2.42. The quantitative estimate of drug-likeness (QED) is 0.796. The molecule has 0 unspecified atom stereocenters. The molecular weight excluding hydrogens is 218 g/mol. The van der Waals surface area contributed by atoms with E-state index in [0.717, 1.165) is 11.3 Å². The van der Waals surface area contributed by atoms with Crippen molar-refractivity contribution in [2.45, 2.75) is 13.5 Å². The molecule has 2 aromatic rings. The lowest BCUT2D eigenvalue weighted by Gasteiger charge is -2.07. The second kappa shape index (κ2) is 4.93. The first kappa shape index (κ1) is 11.5. The average molecular weight is 233 g/mol. The van der Waals surface area contributed by atoms with Gasteiger partial charge in [0.15, 0.2) is 0 Å². The Bertz CT molecular complexity index is 505. The highest BCUT2D eigenvalue weighted by Gasteiger charge is 2.08. The van der Waals surface area contributed by atoms with Gasteiger partial charge in [-0.3, -0.25) is 0 Å². The normalized spacial score (nSPS) is 10.5. The van der Waals surface area contributed by atoms with Crippen LogP contribution in [-0.2, 0) is 6.61 Å². The number of aliphatic hydroxyl groups excluding tert-OH is 1. The average Bonchev–Trinajstić information content (AvgIpc) is 2.78. The molecule has 0 radical (unpaired) electrons. The van der Waals surface area contributed by atoms with Gasteiger partial charge in [0.1, 0.15) is 23.9 Å². The lowest BCUT2D eigenvalue weighted by Crippen LogP contribution is -1.94. The summed E-state index contributed by atoms with van der Waals surface area (Å²) in [5, 5.41) is 8.94. The zero-order valence-corrected chi connectivity index (χ0v) is 9.64. The molecule has 0 fully saturated rings. The van der Waals surface area contributed by atoms with Crippen LogP contribution in [0.2, 0.25) is 0 Å². The predicted molar refractivity (Wildman–Crippen MR) is 65.6 cm³/mol. The smallest absolute Gasteiger partial charge is 0.136 e. The first-order valence-electron chi connectivity index (χ1n) is 5.47. The largest absolute Gasteiger partial charge is 0.494 e. The van der Waals surface area contributed by atoms with Crippen LogP contribution in [0, 0.1) is 0 Å². The molecule has 17 heavy (non-hydrogen) atoms. The van der Waals surface area contributed by atoms with Crippen LogP contribution >= 0.6 is 0 Å². The summed E-state index contributed by atoms with van der Waals surface area (Å²) in [6, 6.07) is 8.97. The van der Waals surface area contributed by atoms with Gasteiger partial charge in [0.05, 0.1) is 6.61 Å². The minimum atomic E-state index is -0.114. The van der Waals surface area contributed by atoms with E-state index in [2.05, 4.69) is 0 Å². The highest BCUT2D eigenvalue weighted by atomic mass is 16.5. The molecule has 0 aliphatic carbocycles. The summed E-state index contributed by atoms with van der Waals surface area (Å²) in [7, 11) is 0. The Hall–Kier alpha value is -1.94. The molecule has 0 aliphatic rings. The van der Waals surface area contributed by atoms with Crippen LogP contribution in [0.25, 0.3) is 11.3 Å². The molecule has 0 spiro atoms. The molecule has 0 saturated heterocycles. The van der Waals surface area contributed by atoms with Gasteiger partial charge in [-0.1, -0.05) is 0 Å². The Morgan fingerprint density at radius 2 is 2.12 bits per heavy atom. The van der Waals surface area contributed by atoms with E-state index in [4.69, 9.17) is 20.0 Å². The van der Waals surface area contributed by atoms with E-state index in [1.54, 1.807) is 18.2 Å². The summed E-state index contributed by atoms with van der Waals surface area (Å²) >= 11 is 0. The maximum atomic E-state index is 8.94. The summed E-state index contributed by atoms with van der Waals surface area (Å²) in [6.07, 6.45) is 0. The molecule has 1 aromatic heterocycles. The lowest BCUT2D eigenvalue weighted by atomic mass is 10.1. The Labute approximate surface area is 99.6 Å². The molecule has 2 rings (SSSR count). The van der Waals surface area contributed by atoms with E-state index in [0.29, 0.717) is 23.8 Å². The number of benzene rings is 1. The van der Waals surface area contributed by atoms with Crippen molar-refractivity contribution < 1.29 is 14.3 Å². The van der Waals surface area contributed by atoms with Crippen LogP contribution < -0.4 is 10.5 Å². The standard InChI is InChI=1S/C13H15NO3/c1-2-16-9-3-5-11(12(14)7-9)13-6-4-10(8-15)17-13/h3-7,15H,2,8,14H2,1H3. The second-order valence-electron chi connectivity index (χ2n) is 3.61. The molecule has 4 heteroatoms. The van der Waals surface area contributed by atoms with E-state index in [9.17, 15) is 0 Å². The highest BCUT2D eigenvalue weighted by Crippen LogP contribution is 2.30. The first-order chi connectivity index (χ1) is 8.24. The number of anilines is 1. The van der Waals surface area contributed by atoms with Crippen molar-refractivity contribution in [3.8, 4) is 17.1 Å². The number of furan rings is 1. The van der Waals surface area contributed by atoms with Crippen molar-refractivity contribution in [3.05, 3.63) is 36.1 Å². The van der Waals surface area contributed by atoms with Crippen molar-refractivity contribution >= 4 is 5.69 Å². The molecule has 90 valence electrons. The number of ether oxygens (including phenoxy) is 1. The Morgan fingerprint density at radius 1 is 1.29 bits per heavy atom. The summed E-state index contributed by atoms with van der Waals surface area (Å²) in [5.41, 5.74) is 7.32. The van der Waals surface area contributed by atoms with Gasteiger partial charge >= 0.3 is 0 Å². The lowest BCUT2D eigenvalue weighted by molar-refractivity contribution is 0.248. The first-order valence-corrected chi connectivity index (χ1v) is 5.47. The number of hydrogen-bond acceptors (Lipinski definition) is 4. The van der Waals surface area contributed by atoms with Gasteiger partial charge in [-0.2, -0.15) is 0 Å². The van der Waals surface area contributed by atoms with E-state index < -0.39 is 0 Å². The Kier molecular flexibility index (Phi) is 3.35. The fraction of sp³-hybridized carbons (Fsp3) is 0.231. The van der Waals surface area contributed by atoms with E-state index >= 15 is 0 Å². The van der Waals surface area contributed by atoms with Crippen LogP contribution in [0.3, 0.4) is 0 Å². The maximum absolute atomic E-state index is 8.94. The van der Waals surface area contributed by atoms with Crippen LogP contribution in [0.4, 0.5) is 5.69 Å². The minimum Gasteiger partial charge on any atom is -0.494 e. The van der Waals surface area contributed by atoms with E-state index in [-0.39, 0.29) is 6.61 Å². The Morgan fingerprint density at radius 3 is 2.71 bits per heavy atom. The number of aliphatic hydroxyl groups is 1. The minimum absolute atomic E-state index is 0.114. The summed E-state index contributed by atoms with van der Waals surface area (Å²) in [5.74, 6) is 1.91. The zero-order chi connectivity index (χ0) is 12.3. The third kappa shape index (κ3) is 2.42. The van der Waals surface area contributed by atoms with Gasteiger partial charge < -0.3 is 20.0 Å². The molecule has 0 aliphatic heterocycles. The summed E-state index contributed by atoms with van der Waals surface area (Å²) < 4.78 is 10.8. The predicted octanol–water partition coefficient (Wildman–Crippen LogP) is 2.42. The van der Waals surface area contributed by atoms with Crippen LogP contribution in [-0.4, -0.2) is 11.7 Å². The molecule has 0 bridgehead atoms. The highest BCUT2D eigenvalue weighted by molar-refractivity contribution is 5.74.